The highest BCUT2D eigenvalue weighted by molar-refractivity contribution is 5.68. The van der Waals surface area contributed by atoms with Crippen molar-refractivity contribution in [3.05, 3.63) is 0 Å². The molecule has 12 heteroatoms. The number of hydrogen-bond acceptors (Lipinski definition) is 8. The standard InChI is InChI=1S/C6H14O4.2C6H10O4/c7-1-3-9-5-6-10-4-2-8;2*7-5(8)3-1-2-4-6(9)10/h7-8H,1-6H2;2*1-4H2,(H,7,8)(H,9,10). The Bertz CT molecular complexity index is 367. The van der Waals surface area contributed by atoms with Crippen LogP contribution in [-0.4, -0.2) is 94.2 Å². The Hall–Kier alpha value is -2.28. The molecular formula is C18H34O12. The van der Waals surface area contributed by atoms with E-state index in [-0.39, 0.29) is 38.9 Å². The van der Waals surface area contributed by atoms with Crippen molar-refractivity contribution in [1.29, 1.82) is 0 Å². The summed E-state index contributed by atoms with van der Waals surface area (Å²) in [6.07, 6.45) is 2.04. The summed E-state index contributed by atoms with van der Waals surface area (Å²) in [6, 6.07) is 0. The first-order chi connectivity index (χ1) is 14.2. The van der Waals surface area contributed by atoms with Crippen molar-refractivity contribution in [2.75, 3.05) is 39.6 Å². The van der Waals surface area contributed by atoms with Crippen molar-refractivity contribution in [3.8, 4) is 0 Å². The van der Waals surface area contributed by atoms with Crippen LogP contribution in [0.3, 0.4) is 0 Å². The van der Waals surface area contributed by atoms with E-state index in [1.807, 2.05) is 0 Å². The normalized spacial score (nSPS) is 9.53. The molecule has 0 amide bonds. The molecule has 0 radical (unpaired) electrons. The molecule has 0 spiro atoms. The van der Waals surface area contributed by atoms with Crippen molar-refractivity contribution < 1.29 is 59.3 Å². The minimum Gasteiger partial charge on any atom is -0.481 e. The topological polar surface area (TPSA) is 208 Å². The second-order valence-electron chi connectivity index (χ2n) is 5.66. The zero-order valence-electron chi connectivity index (χ0n) is 17.0. The van der Waals surface area contributed by atoms with E-state index >= 15 is 0 Å². The highest BCUT2D eigenvalue weighted by Gasteiger charge is 1.99. The fraction of sp³-hybridized carbons (Fsp3) is 0.778. The molecule has 0 aromatic heterocycles. The number of aliphatic hydroxyl groups excluding tert-OH is 2. The number of carboxylic acid groups (broad SMARTS) is 4. The van der Waals surface area contributed by atoms with Gasteiger partial charge in [-0.3, -0.25) is 19.2 Å². The summed E-state index contributed by atoms with van der Waals surface area (Å²) >= 11 is 0. The number of unbranched alkanes of at least 4 members (excludes halogenated alkanes) is 2. The molecule has 0 bridgehead atoms. The molecule has 0 unspecified atom stereocenters. The van der Waals surface area contributed by atoms with Gasteiger partial charge in [-0.2, -0.15) is 0 Å². The van der Waals surface area contributed by atoms with Gasteiger partial charge in [0.05, 0.1) is 39.6 Å². The Kier molecular flexibility index (Phi) is 28.8. The van der Waals surface area contributed by atoms with E-state index in [0.29, 0.717) is 52.1 Å². The predicted molar refractivity (Wildman–Crippen MR) is 103 cm³/mol. The molecule has 0 aromatic rings. The van der Waals surface area contributed by atoms with Crippen LogP contribution in [0.4, 0.5) is 0 Å². The van der Waals surface area contributed by atoms with E-state index in [4.69, 9.17) is 40.1 Å². The van der Waals surface area contributed by atoms with Crippen LogP contribution in [0.25, 0.3) is 0 Å². The molecule has 0 aliphatic rings. The second-order valence-corrected chi connectivity index (χ2v) is 5.66. The molecule has 12 nitrogen and oxygen atoms in total. The highest BCUT2D eigenvalue weighted by Crippen LogP contribution is 1.99. The Morgan fingerprint density at radius 1 is 0.467 bits per heavy atom. The van der Waals surface area contributed by atoms with Gasteiger partial charge in [-0.1, -0.05) is 0 Å². The Balaban J connectivity index is -0.000000364. The third-order valence-electron chi connectivity index (χ3n) is 2.91. The third-order valence-corrected chi connectivity index (χ3v) is 2.91. The lowest BCUT2D eigenvalue weighted by Gasteiger charge is -2.01. The van der Waals surface area contributed by atoms with Gasteiger partial charge < -0.3 is 40.1 Å². The van der Waals surface area contributed by atoms with E-state index in [1.165, 1.54) is 0 Å². The lowest BCUT2D eigenvalue weighted by Crippen LogP contribution is -2.09. The maximum absolute atomic E-state index is 9.90. The summed E-state index contributed by atoms with van der Waals surface area (Å²) in [5.41, 5.74) is 0. The lowest BCUT2D eigenvalue weighted by molar-refractivity contribution is -0.139. The van der Waals surface area contributed by atoms with Gasteiger partial charge in [-0.05, 0) is 25.7 Å². The van der Waals surface area contributed by atoms with Crippen LogP contribution in [0.1, 0.15) is 51.4 Å². The van der Waals surface area contributed by atoms with Gasteiger partial charge in [-0.25, -0.2) is 0 Å². The molecule has 0 rings (SSSR count). The van der Waals surface area contributed by atoms with Crippen LogP contribution in [0.15, 0.2) is 0 Å². The summed E-state index contributed by atoms with van der Waals surface area (Å²) in [7, 11) is 0. The summed E-state index contributed by atoms with van der Waals surface area (Å²) in [4.78, 5) is 39.6. The smallest absolute Gasteiger partial charge is 0.303 e. The van der Waals surface area contributed by atoms with Gasteiger partial charge in [0, 0.05) is 25.7 Å². The van der Waals surface area contributed by atoms with Crippen molar-refractivity contribution in [3.63, 3.8) is 0 Å². The molecule has 0 saturated heterocycles. The molecule has 0 atom stereocenters. The summed E-state index contributed by atoms with van der Waals surface area (Å²) in [5, 5.41) is 49.1. The van der Waals surface area contributed by atoms with Crippen LogP contribution in [0.5, 0.6) is 0 Å². The summed E-state index contributed by atoms with van der Waals surface area (Å²) in [5.74, 6) is -3.48. The number of carboxylic acids is 4. The molecule has 30 heavy (non-hydrogen) atoms. The van der Waals surface area contributed by atoms with Crippen LogP contribution >= 0.6 is 0 Å². The molecule has 0 heterocycles. The van der Waals surface area contributed by atoms with E-state index < -0.39 is 23.9 Å². The number of rotatable bonds is 17. The highest BCUT2D eigenvalue weighted by atomic mass is 16.5. The fourth-order valence-electron chi connectivity index (χ4n) is 1.56. The van der Waals surface area contributed by atoms with Crippen molar-refractivity contribution in [1.82, 2.24) is 0 Å². The minimum atomic E-state index is -0.870. The lowest BCUT2D eigenvalue weighted by atomic mass is 10.2. The first kappa shape index (κ1) is 32.4. The van der Waals surface area contributed by atoms with Crippen LogP contribution in [-0.2, 0) is 28.7 Å². The van der Waals surface area contributed by atoms with Gasteiger partial charge in [0.1, 0.15) is 0 Å². The van der Waals surface area contributed by atoms with Gasteiger partial charge in [0.15, 0.2) is 0 Å². The van der Waals surface area contributed by atoms with Crippen LogP contribution < -0.4 is 0 Å². The van der Waals surface area contributed by atoms with Gasteiger partial charge in [0.2, 0.25) is 0 Å². The number of aliphatic hydroxyl groups is 2. The maximum Gasteiger partial charge on any atom is 0.303 e. The number of carbonyl (C=O) groups is 4. The summed E-state index contributed by atoms with van der Waals surface area (Å²) < 4.78 is 9.75. The molecule has 0 fully saturated rings. The van der Waals surface area contributed by atoms with Gasteiger partial charge >= 0.3 is 23.9 Å². The Morgan fingerprint density at radius 3 is 0.867 bits per heavy atom. The first-order valence-electron chi connectivity index (χ1n) is 9.41. The quantitative estimate of drug-likeness (QED) is 0.169. The average Bonchev–Trinajstić information content (AvgIpc) is 2.66. The number of aliphatic carboxylic acids is 4. The Morgan fingerprint density at radius 2 is 0.700 bits per heavy atom. The molecule has 6 N–H and O–H groups in total. The van der Waals surface area contributed by atoms with E-state index in [9.17, 15) is 19.2 Å². The first-order valence-corrected chi connectivity index (χ1v) is 9.41. The number of hydrogen-bond donors (Lipinski definition) is 6. The molecule has 0 aliphatic carbocycles. The zero-order valence-corrected chi connectivity index (χ0v) is 17.0. The number of ether oxygens (including phenoxy) is 2. The average molecular weight is 442 g/mol. The predicted octanol–water partition coefficient (Wildman–Crippen LogP) is 0.436. The van der Waals surface area contributed by atoms with Gasteiger partial charge in [-0.15, -0.1) is 0 Å². The monoisotopic (exact) mass is 442 g/mol. The third kappa shape index (κ3) is 44.8. The molecule has 178 valence electrons. The molecule has 0 aliphatic heterocycles. The Labute approximate surface area is 175 Å². The molecule has 0 aromatic carbocycles. The minimum absolute atomic E-state index is 0.0417. The van der Waals surface area contributed by atoms with E-state index in [1.54, 1.807) is 0 Å². The van der Waals surface area contributed by atoms with Crippen molar-refractivity contribution in [2.24, 2.45) is 0 Å². The SMILES string of the molecule is O=C(O)CCCCC(=O)O.O=C(O)CCCCC(=O)O.OCCOCCOCCO. The second kappa shape index (κ2) is 26.7. The van der Waals surface area contributed by atoms with E-state index in [0.717, 1.165) is 0 Å². The van der Waals surface area contributed by atoms with Crippen LogP contribution in [0, 0.1) is 0 Å². The zero-order chi connectivity index (χ0) is 23.6. The van der Waals surface area contributed by atoms with Crippen molar-refractivity contribution in [2.45, 2.75) is 51.4 Å². The van der Waals surface area contributed by atoms with Crippen molar-refractivity contribution >= 4 is 23.9 Å². The van der Waals surface area contributed by atoms with E-state index in [2.05, 4.69) is 0 Å². The van der Waals surface area contributed by atoms with Crippen LogP contribution in [0.2, 0.25) is 0 Å². The van der Waals surface area contributed by atoms with Gasteiger partial charge in [0.25, 0.3) is 0 Å². The molecular weight excluding hydrogens is 408 g/mol. The summed E-state index contributed by atoms with van der Waals surface area (Å²) in [6.45, 7) is 1.73. The molecule has 0 saturated carbocycles. The largest absolute Gasteiger partial charge is 0.481 e. The maximum atomic E-state index is 9.90. The fourth-order valence-corrected chi connectivity index (χ4v) is 1.56.